The summed E-state index contributed by atoms with van der Waals surface area (Å²) >= 11 is 0. The number of esters is 1. The molecule has 1 aromatic heterocycles. The maximum Gasteiger partial charge on any atom is 0.343 e. The van der Waals surface area contributed by atoms with Crippen LogP contribution in [-0.4, -0.2) is 38.7 Å². The van der Waals surface area contributed by atoms with Crippen LogP contribution in [0.5, 0.6) is 11.5 Å². The van der Waals surface area contributed by atoms with Gasteiger partial charge in [-0.25, -0.2) is 4.79 Å². The summed E-state index contributed by atoms with van der Waals surface area (Å²) in [6.07, 6.45) is 1.38. The SMILES string of the molecule is COCOc1ccc2c(=O)c(C(=O)OC)cn(-c3cc(C#N)cc(OC)c3)c2c1. The Morgan fingerprint density at radius 1 is 1.10 bits per heavy atom. The van der Waals surface area contributed by atoms with Crippen molar-refractivity contribution in [1.29, 1.82) is 5.26 Å². The molecular weight excluding hydrogens is 376 g/mol. The monoisotopic (exact) mass is 394 g/mol. The first kappa shape index (κ1) is 19.9. The second kappa shape index (κ2) is 8.46. The van der Waals surface area contributed by atoms with E-state index in [1.165, 1.54) is 27.5 Å². The molecule has 1 heterocycles. The molecule has 3 aromatic rings. The van der Waals surface area contributed by atoms with Gasteiger partial charge in [0.15, 0.2) is 6.79 Å². The highest BCUT2D eigenvalue weighted by Gasteiger charge is 2.18. The van der Waals surface area contributed by atoms with E-state index in [9.17, 15) is 14.9 Å². The van der Waals surface area contributed by atoms with Crippen molar-refractivity contribution in [3.05, 3.63) is 63.9 Å². The van der Waals surface area contributed by atoms with Gasteiger partial charge >= 0.3 is 5.97 Å². The number of rotatable bonds is 6. The lowest BCUT2D eigenvalue weighted by Gasteiger charge is -2.15. The van der Waals surface area contributed by atoms with Gasteiger partial charge in [0.2, 0.25) is 5.43 Å². The summed E-state index contributed by atoms with van der Waals surface area (Å²) < 4.78 is 22.0. The number of nitrogens with zero attached hydrogens (tertiary/aromatic N) is 2. The molecule has 8 nitrogen and oxygen atoms in total. The van der Waals surface area contributed by atoms with Crippen LogP contribution in [0.1, 0.15) is 15.9 Å². The lowest BCUT2D eigenvalue weighted by Crippen LogP contribution is -2.19. The minimum absolute atomic E-state index is 0.0354. The van der Waals surface area contributed by atoms with Crippen LogP contribution in [0, 0.1) is 11.3 Å². The molecule has 0 spiro atoms. The van der Waals surface area contributed by atoms with Gasteiger partial charge in [-0.15, -0.1) is 0 Å². The molecule has 0 saturated heterocycles. The van der Waals surface area contributed by atoms with Crippen molar-refractivity contribution in [2.24, 2.45) is 0 Å². The number of hydrogen-bond donors (Lipinski definition) is 0. The number of ether oxygens (including phenoxy) is 4. The number of fused-ring (bicyclic) bond motifs is 1. The highest BCUT2D eigenvalue weighted by molar-refractivity contribution is 5.94. The van der Waals surface area contributed by atoms with Crippen molar-refractivity contribution >= 4 is 16.9 Å². The molecule has 0 bridgehead atoms. The van der Waals surface area contributed by atoms with Gasteiger partial charge in [0, 0.05) is 30.8 Å². The van der Waals surface area contributed by atoms with Crippen LogP contribution in [0.3, 0.4) is 0 Å². The Labute approximate surface area is 166 Å². The summed E-state index contributed by atoms with van der Waals surface area (Å²) in [6.45, 7) is 0.0354. The highest BCUT2D eigenvalue weighted by atomic mass is 16.7. The zero-order valence-electron chi connectivity index (χ0n) is 16.1. The molecule has 2 aromatic carbocycles. The Morgan fingerprint density at radius 2 is 1.90 bits per heavy atom. The molecule has 0 unspecified atom stereocenters. The highest BCUT2D eigenvalue weighted by Crippen LogP contribution is 2.26. The molecule has 3 rings (SSSR count). The molecular formula is C21H18N2O6. The van der Waals surface area contributed by atoms with Crippen molar-refractivity contribution in [2.45, 2.75) is 0 Å². The molecule has 0 aliphatic carbocycles. The number of aromatic nitrogens is 1. The fourth-order valence-electron chi connectivity index (χ4n) is 2.90. The first-order valence-electron chi connectivity index (χ1n) is 8.51. The van der Waals surface area contributed by atoms with Gasteiger partial charge in [0.1, 0.15) is 17.1 Å². The summed E-state index contributed by atoms with van der Waals surface area (Å²) in [4.78, 5) is 25.0. The predicted molar refractivity (Wildman–Crippen MR) is 105 cm³/mol. The molecule has 148 valence electrons. The number of nitriles is 1. The summed E-state index contributed by atoms with van der Waals surface area (Å²) in [5, 5.41) is 9.63. The molecule has 0 saturated carbocycles. The van der Waals surface area contributed by atoms with E-state index in [0.29, 0.717) is 33.7 Å². The molecule has 0 radical (unpaired) electrons. The number of carbonyl (C=O) groups is 1. The molecule has 0 atom stereocenters. The second-order valence-electron chi connectivity index (χ2n) is 5.99. The molecule has 0 N–H and O–H groups in total. The molecule has 0 aliphatic heterocycles. The van der Waals surface area contributed by atoms with E-state index in [2.05, 4.69) is 6.07 Å². The van der Waals surface area contributed by atoms with E-state index in [0.717, 1.165) is 0 Å². The Morgan fingerprint density at radius 3 is 2.55 bits per heavy atom. The van der Waals surface area contributed by atoms with E-state index in [1.54, 1.807) is 41.0 Å². The van der Waals surface area contributed by atoms with Crippen molar-refractivity contribution in [2.75, 3.05) is 28.1 Å². The second-order valence-corrected chi connectivity index (χ2v) is 5.99. The first-order chi connectivity index (χ1) is 14.0. The zero-order valence-corrected chi connectivity index (χ0v) is 16.1. The van der Waals surface area contributed by atoms with Crippen molar-refractivity contribution in [3.63, 3.8) is 0 Å². The van der Waals surface area contributed by atoms with Gasteiger partial charge in [-0.3, -0.25) is 4.79 Å². The van der Waals surface area contributed by atoms with E-state index in [-0.39, 0.29) is 12.4 Å². The van der Waals surface area contributed by atoms with Crippen LogP contribution >= 0.6 is 0 Å². The average Bonchev–Trinajstić information content (AvgIpc) is 2.76. The van der Waals surface area contributed by atoms with Crippen LogP contribution in [-0.2, 0) is 9.47 Å². The van der Waals surface area contributed by atoms with Gasteiger partial charge in [0.05, 0.1) is 37.1 Å². The largest absolute Gasteiger partial charge is 0.497 e. The Balaban J connectivity index is 2.36. The lowest BCUT2D eigenvalue weighted by atomic mass is 10.1. The summed E-state index contributed by atoms with van der Waals surface area (Å²) in [7, 11) is 4.19. The third kappa shape index (κ3) is 3.90. The maximum absolute atomic E-state index is 12.8. The normalized spacial score (nSPS) is 10.4. The van der Waals surface area contributed by atoms with Crippen LogP contribution < -0.4 is 14.9 Å². The minimum Gasteiger partial charge on any atom is -0.497 e. The van der Waals surface area contributed by atoms with Crippen LogP contribution in [0.2, 0.25) is 0 Å². The van der Waals surface area contributed by atoms with Gasteiger partial charge in [-0.2, -0.15) is 5.26 Å². The van der Waals surface area contributed by atoms with Gasteiger partial charge in [0.25, 0.3) is 0 Å². The molecule has 0 aliphatic rings. The standard InChI is InChI=1S/C21H18N2O6/c1-26-12-29-15-4-5-17-19(9-15)23(11-18(20(17)24)21(25)28-3)14-6-13(10-22)7-16(8-14)27-2/h4-9,11H,12H2,1-3H3. The molecule has 29 heavy (non-hydrogen) atoms. The predicted octanol–water partition coefficient (Wildman–Crippen LogP) is 2.64. The minimum atomic E-state index is -0.756. The average molecular weight is 394 g/mol. The summed E-state index contributed by atoms with van der Waals surface area (Å²) in [5.74, 6) is 0.174. The van der Waals surface area contributed by atoms with Crippen LogP contribution in [0.4, 0.5) is 0 Å². The third-order valence-corrected chi connectivity index (χ3v) is 4.26. The number of methoxy groups -OCH3 is 3. The van der Waals surface area contributed by atoms with E-state index < -0.39 is 11.4 Å². The van der Waals surface area contributed by atoms with Crippen LogP contribution in [0.15, 0.2) is 47.4 Å². The van der Waals surface area contributed by atoms with Crippen molar-refractivity contribution in [1.82, 2.24) is 4.57 Å². The van der Waals surface area contributed by atoms with Crippen LogP contribution in [0.25, 0.3) is 16.6 Å². The van der Waals surface area contributed by atoms with Gasteiger partial charge in [-0.1, -0.05) is 0 Å². The Bertz CT molecular complexity index is 1180. The van der Waals surface area contributed by atoms with E-state index >= 15 is 0 Å². The molecule has 0 amide bonds. The molecule has 8 heteroatoms. The fourth-order valence-corrected chi connectivity index (χ4v) is 2.90. The number of hydrogen-bond acceptors (Lipinski definition) is 7. The molecule has 0 fully saturated rings. The van der Waals surface area contributed by atoms with E-state index in [4.69, 9.17) is 18.9 Å². The lowest BCUT2D eigenvalue weighted by molar-refractivity contribution is 0.0512. The van der Waals surface area contributed by atoms with E-state index in [1.807, 2.05) is 0 Å². The van der Waals surface area contributed by atoms with Crippen molar-refractivity contribution in [3.8, 4) is 23.3 Å². The van der Waals surface area contributed by atoms with Crippen molar-refractivity contribution < 1.29 is 23.7 Å². The Kier molecular flexibility index (Phi) is 5.81. The smallest absolute Gasteiger partial charge is 0.343 e. The van der Waals surface area contributed by atoms with Gasteiger partial charge in [-0.05, 0) is 24.3 Å². The quantitative estimate of drug-likeness (QED) is 0.468. The number of pyridine rings is 1. The number of carbonyl (C=O) groups excluding carboxylic acids is 1. The Hall–Kier alpha value is -3.83. The first-order valence-corrected chi connectivity index (χ1v) is 8.51. The fraction of sp³-hybridized carbons (Fsp3) is 0.190. The zero-order chi connectivity index (χ0) is 21.0. The summed E-state index contributed by atoms with van der Waals surface area (Å²) in [6, 6.07) is 11.8. The summed E-state index contributed by atoms with van der Waals surface area (Å²) in [5.41, 5.74) is 0.766. The topological polar surface area (TPSA) is 99.8 Å². The maximum atomic E-state index is 12.8. The third-order valence-electron chi connectivity index (χ3n) is 4.26. The van der Waals surface area contributed by atoms with Gasteiger partial charge < -0.3 is 23.5 Å². The number of benzene rings is 2.